The molecule has 1 aliphatic heterocycles. The Bertz CT molecular complexity index is 1040. The number of aliphatic hydroxyl groups is 1. The first-order valence-corrected chi connectivity index (χ1v) is 12.7. The predicted octanol–water partition coefficient (Wildman–Crippen LogP) is 0.590. The van der Waals surface area contributed by atoms with E-state index < -0.39 is 16.1 Å². The maximum atomic E-state index is 12.5. The average Bonchev–Trinajstić information content (AvgIpc) is 3.15. The predicted molar refractivity (Wildman–Crippen MR) is 124 cm³/mol. The lowest BCUT2D eigenvalue weighted by Gasteiger charge is -2.38. The molecule has 0 bridgehead atoms. The molecule has 1 amide bonds. The van der Waals surface area contributed by atoms with Crippen molar-refractivity contribution in [2.45, 2.75) is 31.0 Å². The van der Waals surface area contributed by atoms with Gasteiger partial charge in [-0.2, -0.15) is 4.31 Å². The molecule has 4 N–H and O–H groups in total. The third kappa shape index (κ3) is 5.66. The number of fused-ring (bicyclic) bond motifs is 1. The minimum Gasteiger partial charge on any atom is -0.390 e. The summed E-state index contributed by atoms with van der Waals surface area (Å²) in [4.78, 5) is 12.5. The van der Waals surface area contributed by atoms with E-state index in [1.54, 1.807) is 18.2 Å². The van der Waals surface area contributed by atoms with Crippen LogP contribution in [0.15, 0.2) is 48.5 Å². The molecule has 9 heteroatoms. The van der Waals surface area contributed by atoms with Gasteiger partial charge in [-0.05, 0) is 42.2 Å². The molecule has 32 heavy (non-hydrogen) atoms. The van der Waals surface area contributed by atoms with Gasteiger partial charge in [0.1, 0.15) is 0 Å². The first kappa shape index (κ1) is 22.7. The van der Waals surface area contributed by atoms with Gasteiger partial charge >= 0.3 is 0 Å². The van der Waals surface area contributed by atoms with E-state index in [2.05, 4.69) is 28.1 Å². The summed E-state index contributed by atoms with van der Waals surface area (Å²) in [6.45, 7) is 1.41. The van der Waals surface area contributed by atoms with Crippen LogP contribution in [0.1, 0.15) is 21.5 Å². The zero-order valence-corrected chi connectivity index (χ0v) is 18.9. The second-order valence-corrected chi connectivity index (χ2v) is 10.6. The summed E-state index contributed by atoms with van der Waals surface area (Å²) in [7, 11) is -3.15. The van der Waals surface area contributed by atoms with Crippen LogP contribution < -0.4 is 16.0 Å². The van der Waals surface area contributed by atoms with Crippen LogP contribution in [-0.2, 0) is 22.9 Å². The van der Waals surface area contributed by atoms with Crippen molar-refractivity contribution in [3.63, 3.8) is 0 Å². The van der Waals surface area contributed by atoms with Gasteiger partial charge in [0, 0.05) is 43.5 Å². The maximum absolute atomic E-state index is 12.5. The van der Waals surface area contributed by atoms with Gasteiger partial charge in [-0.3, -0.25) is 4.79 Å². The van der Waals surface area contributed by atoms with Crippen molar-refractivity contribution in [2.75, 3.05) is 37.8 Å². The van der Waals surface area contributed by atoms with Crippen LogP contribution >= 0.6 is 0 Å². The number of nitrogens with zero attached hydrogens (tertiary/aromatic N) is 1. The Morgan fingerprint density at radius 2 is 1.75 bits per heavy atom. The van der Waals surface area contributed by atoms with Crippen molar-refractivity contribution in [3.8, 4) is 0 Å². The average molecular weight is 459 g/mol. The van der Waals surface area contributed by atoms with Gasteiger partial charge in [-0.1, -0.05) is 30.3 Å². The molecule has 1 saturated heterocycles. The SMILES string of the molecule is CS(=O)(=O)N1CC(Nc2cccc(C(=O)NC[C@@H](O)CNC3Cc4ccccc4C3)c2)C1. The topological polar surface area (TPSA) is 111 Å². The molecule has 172 valence electrons. The number of carbonyl (C=O) groups excluding carboxylic acids is 1. The van der Waals surface area contributed by atoms with E-state index >= 15 is 0 Å². The van der Waals surface area contributed by atoms with Crippen LogP contribution in [0.4, 0.5) is 5.69 Å². The number of aliphatic hydroxyl groups excluding tert-OH is 1. The van der Waals surface area contributed by atoms with Crippen LogP contribution in [0, 0.1) is 0 Å². The monoisotopic (exact) mass is 458 g/mol. The number of hydrogen-bond donors (Lipinski definition) is 4. The van der Waals surface area contributed by atoms with E-state index in [1.165, 1.54) is 21.7 Å². The van der Waals surface area contributed by atoms with Crippen LogP contribution in [0.5, 0.6) is 0 Å². The van der Waals surface area contributed by atoms with Crippen molar-refractivity contribution >= 4 is 21.6 Å². The molecule has 1 heterocycles. The molecule has 4 rings (SSSR count). The molecule has 2 aromatic rings. The van der Waals surface area contributed by atoms with Crippen molar-refractivity contribution in [1.29, 1.82) is 0 Å². The van der Waals surface area contributed by atoms with Crippen LogP contribution in [0.2, 0.25) is 0 Å². The summed E-state index contributed by atoms with van der Waals surface area (Å²) < 4.78 is 24.4. The fourth-order valence-corrected chi connectivity index (χ4v) is 5.08. The summed E-state index contributed by atoms with van der Waals surface area (Å²) in [6.07, 6.45) is 2.43. The van der Waals surface area contributed by atoms with Crippen LogP contribution in [-0.4, -0.2) is 74.4 Å². The number of nitrogens with one attached hydrogen (secondary N) is 3. The van der Waals surface area contributed by atoms with Gasteiger partial charge < -0.3 is 21.1 Å². The molecule has 2 aliphatic rings. The molecule has 1 atom stereocenters. The van der Waals surface area contributed by atoms with Crippen molar-refractivity contribution in [2.24, 2.45) is 0 Å². The Morgan fingerprint density at radius 1 is 1.06 bits per heavy atom. The zero-order chi connectivity index (χ0) is 22.7. The number of anilines is 1. The lowest BCUT2D eigenvalue weighted by molar-refractivity contribution is 0.0914. The number of rotatable bonds is 9. The van der Waals surface area contributed by atoms with Gasteiger partial charge in [0.2, 0.25) is 10.0 Å². The maximum Gasteiger partial charge on any atom is 0.251 e. The summed E-state index contributed by atoms with van der Waals surface area (Å²) in [5, 5.41) is 19.7. The minimum atomic E-state index is -3.15. The van der Waals surface area contributed by atoms with Crippen molar-refractivity contribution < 1.29 is 18.3 Å². The Hall–Kier alpha value is -2.46. The second kappa shape index (κ2) is 9.58. The van der Waals surface area contributed by atoms with Crippen LogP contribution in [0.25, 0.3) is 0 Å². The fraction of sp³-hybridized carbons (Fsp3) is 0.435. The van der Waals surface area contributed by atoms with E-state index in [1.807, 2.05) is 18.2 Å². The highest BCUT2D eigenvalue weighted by Gasteiger charge is 2.33. The van der Waals surface area contributed by atoms with E-state index in [0.29, 0.717) is 31.2 Å². The Labute approximate surface area is 189 Å². The number of sulfonamides is 1. The van der Waals surface area contributed by atoms with Gasteiger partial charge in [0.05, 0.1) is 18.4 Å². The lowest BCUT2D eigenvalue weighted by Crippen LogP contribution is -2.56. The Kier molecular flexibility index (Phi) is 6.80. The first-order chi connectivity index (χ1) is 15.3. The van der Waals surface area contributed by atoms with Gasteiger partial charge in [-0.15, -0.1) is 0 Å². The number of amides is 1. The molecule has 0 saturated carbocycles. The van der Waals surface area contributed by atoms with E-state index in [-0.39, 0.29) is 18.5 Å². The largest absolute Gasteiger partial charge is 0.390 e. The van der Waals surface area contributed by atoms with E-state index in [0.717, 1.165) is 18.5 Å². The summed E-state index contributed by atoms with van der Waals surface area (Å²) in [5.41, 5.74) is 3.96. The molecular weight excluding hydrogens is 428 g/mol. The summed E-state index contributed by atoms with van der Waals surface area (Å²) in [5.74, 6) is -0.257. The lowest BCUT2D eigenvalue weighted by atomic mass is 10.1. The van der Waals surface area contributed by atoms with E-state index in [9.17, 15) is 18.3 Å². The van der Waals surface area contributed by atoms with Gasteiger partial charge in [-0.25, -0.2) is 8.42 Å². The molecule has 1 aliphatic carbocycles. The first-order valence-electron chi connectivity index (χ1n) is 10.9. The highest BCUT2D eigenvalue weighted by atomic mass is 32.2. The van der Waals surface area contributed by atoms with Crippen molar-refractivity contribution in [3.05, 3.63) is 65.2 Å². The molecule has 0 radical (unpaired) electrons. The molecule has 2 aromatic carbocycles. The zero-order valence-electron chi connectivity index (χ0n) is 18.1. The van der Waals surface area contributed by atoms with E-state index in [4.69, 9.17) is 0 Å². The quantitative estimate of drug-likeness (QED) is 0.438. The smallest absolute Gasteiger partial charge is 0.251 e. The summed E-state index contributed by atoms with van der Waals surface area (Å²) >= 11 is 0. The number of hydrogen-bond acceptors (Lipinski definition) is 6. The normalized spacial score (nSPS) is 18.1. The van der Waals surface area contributed by atoms with Gasteiger partial charge in [0.15, 0.2) is 0 Å². The second-order valence-electron chi connectivity index (χ2n) is 8.65. The fourth-order valence-electron chi connectivity index (χ4n) is 4.18. The number of benzene rings is 2. The van der Waals surface area contributed by atoms with Gasteiger partial charge in [0.25, 0.3) is 5.91 Å². The molecule has 0 spiro atoms. The Morgan fingerprint density at radius 3 is 2.41 bits per heavy atom. The van der Waals surface area contributed by atoms with Crippen molar-refractivity contribution in [1.82, 2.24) is 14.9 Å². The molecule has 0 aromatic heterocycles. The molecular formula is C23H30N4O4S. The third-order valence-electron chi connectivity index (χ3n) is 6.00. The molecule has 8 nitrogen and oxygen atoms in total. The standard InChI is InChI=1S/C23H30N4O4S/c1-32(30,31)27-14-21(15-27)26-19-8-4-7-18(11-19)23(29)25-13-22(28)12-24-20-9-16-5-2-3-6-17(16)10-20/h2-8,11,20-22,24,26,28H,9-10,12-15H2,1H3,(H,25,29)/t22-/m0/s1. The number of carbonyl (C=O) groups is 1. The van der Waals surface area contributed by atoms with Crippen LogP contribution in [0.3, 0.4) is 0 Å². The third-order valence-corrected chi connectivity index (χ3v) is 7.24. The molecule has 1 fully saturated rings. The minimum absolute atomic E-state index is 0.0256. The highest BCUT2D eigenvalue weighted by Crippen LogP contribution is 2.21. The highest BCUT2D eigenvalue weighted by molar-refractivity contribution is 7.88. The Balaban J connectivity index is 1.19. The molecule has 0 unspecified atom stereocenters. The summed E-state index contributed by atoms with van der Waals surface area (Å²) in [6, 6.07) is 15.8.